The summed E-state index contributed by atoms with van der Waals surface area (Å²) >= 11 is 6.26. The Hall–Kier alpha value is -2.87. The molecule has 28 heavy (non-hydrogen) atoms. The molecule has 0 radical (unpaired) electrons. The van der Waals surface area contributed by atoms with E-state index in [1.54, 1.807) is 0 Å². The second kappa shape index (κ2) is 7.63. The van der Waals surface area contributed by atoms with Crippen LogP contribution < -0.4 is 15.8 Å². The van der Waals surface area contributed by atoms with Crippen molar-refractivity contribution in [3.05, 3.63) is 51.4 Å². The lowest BCUT2D eigenvalue weighted by molar-refractivity contribution is -0.119. The van der Waals surface area contributed by atoms with Crippen molar-refractivity contribution < 1.29 is 4.79 Å². The number of halogens is 1. The van der Waals surface area contributed by atoms with Gasteiger partial charge in [-0.2, -0.15) is 9.50 Å². The number of rotatable bonds is 5. The van der Waals surface area contributed by atoms with Crippen LogP contribution >= 0.6 is 11.6 Å². The van der Waals surface area contributed by atoms with Crippen LogP contribution in [0.2, 0.25) is 5.02 Å². The zero-order chi connectivity index (χ0) is 19.7. The van der Waals surface area contributed by atoms with Gasteiger partial charge in [0.05, 0.1) is 22.3 Å². The molecule has 0 bridgehead atoms. The number of amides is 1. The van der Waals surface area contributed by atoms with Crippen molar-refractivity contribution in [1.82, 2.24) is 19.6 Å². The molecule has 2 aromatic heterocycles. The maximum Gasteiger partial charge on any atom is 0.274 e. The fraction of sp³-hybridized carbons (Fsp3) is 0.368. The molecule has 1 aliphatic heterocycles. The van der Waals surface area contributed by atoms with Crippen molar-refractivity contribution in [2.75, 3.05) is 23.3 Å². The van der Waals surface area contributed by atoms with Crippen LogP contribution in [-0.4, -0.2) is 38.6 Å². The molecule has 0 saturated carbocycles. The van der Waals surface area contributed by atoms with E-state index in [0.717, 1.165) is 25.1 Å². The van der Waals surface area contributed by atoms with Crippen LogP contribution in [-0.2, 0) is 11.2 Å². The molecule has 3 heterocycles. The smallest absolute Gasteiger partial charge is 0.274 e. The number of carbonyl (C=O) groups is 1. The molecule has 1 amide bonds. The summed E-state index contributed by atoms with van der Waals surface area (Å²) in [6, 6.07) is 9.10. The number of aromatic amines is 1. The number of fused-ring (bicyclic) bond motifs is 1. The first kappa shape index (κ1) is 18.5. The number of aromatic nitrogens is 4. The molecule has 1 fully saturated rings. The van der Waals surface area contributed by atoms with E-state index in [1.807, 2.05) is 31.2 Å². The van der Waals surface area contributed by atoms with Gasteiger partial charge in [0, 0.05) is 19.2 Å². The van der Waals surface area contributed by atoms with Crippen LogP contribution in [0.25, 0.3) is 5.78 Å². The number of para-hydroxylation sites is 1. The molecule has 1 saturated heterocycles. The summed E-state index contributed by atoms with van der Waals surface area (Å²) in [6.45, 7) is 3.35. The highest BCUT2D eigenvalue weighted by Gasteiger charge is 2.29. The molecule has 1 atom stereocenters. The molecule has 3 aromatic rings. The van der Waals surface area contributed by atoms with E-state index in [1.165, 1.54) is 10.6 Å². The van der Waals surface area contributed by atoms with Crippen LogP contribution in [0.1, 0.15) is 25.5 Å². The number of hydrogen-bond donors (Lipinski definition) is 2. The Morgan fingerprint density at radius 3 is 2.96 bits per heavy atom. The molecule has 1 aliphatic rings. The number of H-pyrrole nitrogens is 1. The first-order valence-corrected chi connectivity index (χ1v) is 9.72. The van der Waals surface area contributed by atoms with E-state index < -0.39 is 0 Å². The summed E-state index contributed by atoms with van der Waals surface area (Å²) in [6.07, 6.45) is 2.32. The van der Waals surface area contributed by atoms with Crippen molar-refractivity contribution in [3.63, 3.8) is 0 Å². The highest BCUT2D eigenvalue weighted by molar-refractivity contribution is 6.33. The van der Waals surface area contributed by atoms with Gasteiger partial charge in [-0.05, 0) is 25.0 Å². The Balaban J connectivity index is 1.47. The van der Waals surface area contributed by atoms with Crippen LogP contribution in [0.5, 0.6) is 0 Å². The summed E-state index contributed by atoms with van der Waals surface area (Å²) in [5.74, 6) is 0.148. The SMILES string of the molecule is CCCc1cc(=O)n2[nH]c(NC(=O)C3CCN(c4ccccc4Cl)C3)nc2n1. The Morgan fingerprint density at radius 1 is 1.36 bits per heavy atom. The summed E-state index contributed by atoms with van der Waals surface area (Å²) in [7, 11) is 0. The molecule has 0 spiro atoms. The summed E-state index contributed by atoms with van der Waals surface area (Å²) in [5, 5.41) is 6.25. The fourth-order valence-electron chi connectivity index (χ4n) is 3.49. The van der Waals surface area contributed by atoms with Crippen LogP contribution in [0.4, 0.5) is 11.6 Å². The van der Waals surface area contributed by atoms with Crippen molar-refractivity contribution >= 4 is 34.9 Å². The molecular weight excluding hydrogens is 380 g/mol. The number of carbonyl (C=O) groups excluding carboxylic acids is 1. The lowest BCUT2D eigenvalue weighted by Crippen LogP contribution is -2.27. The van der Waals surface area contributed by atoms with Gasteiger partial charge in [0.15, 0.2) is 0 Å². The predicted molar refractivity (Wildman–Crippen MR) is 108 cm³/mol. The first-order valence-electron chi connectivity index (χ1n) is 9.34. The molecule has 1 unspecified atom stereocenters. The summed E-state index contributed by atoms with van der Waals surface area (Å²) in [4.78, 5) is 35.6. The van der Waals surface area contributed by atoms with Gasteiger partial charge in [-0.25, -0.2) is 4.98 Å². The standard InChI is InChI=1S/C19H21ClN6O2/c1-2-5-13-10-16(27)26-19(21-13)23-18(24-26)22-17(28)12-8-9-25(11-12)15-7-4-3-6-14(15)20/h3-4,6-7,10,12H,2,5,8-9,11H2,1H3,(H2,21,22,23,24,28). The Kier molecular flexibility index (Phi) is 5.04. The average Bonchev–Trinajstić information content (AvgIpc) is 3.30. The highest BCUT2D eigenvalue weighted by Crippen LogP contribution is 2.30. The third-order valence-electron chi connectivity index (χ3n) is 4.88. The highest BCUT2D eigenvalue weighted by atomic mass is 35.5. The van der Waals surface area contributed by atoms with E-state index in [2.05, 4.69) is 25.3 Å². The maximum absolute atomic E-state index is 12.7. The van der Waals surface area contributed by atoms with Gasteiger partial charge in [0.25, 0.3) is 11.3 Å². The van der Waals surface area contributed by atoms with Gasteiger partial charge < -0.3 is 4.90 Å². The lowest BCUT2D eigenvalue weighted by atomic mass is 10.1. The quantitative estimate of drug-likeness (QED) is 0.686. The molecule has 9 heteroatoms. The third kappa shape index (κ3) is 3.60. The van der Waals surface area contributed by atoms with Gasteiger partial charge in [-0.3, -0.25) is 20.0 Å². The molecule has 1 aromatic carbocycles. The normalized spacial score (nSPS) is 16.6. The number of hydrogen-bond acceptors (Lipinski definition) is 5. The van der Waals surface area contributed by atoms with Crippen molar-refractivity contribution in [2.45, 2.75) is 26.2 Å². The molecule has 0 aliphatic carbocycles. The number of nitrogens with one attached hydrogen (secondary N) is 2. The summed E-state index contributed by atoms with van der Waals surface area (Å²) in [5.41, 5.74) is 1.39. The van der Waals surface area contributed by atoms with Gasteiger partial charge in [-0.15, -0.1) is 0 Å². The minimum Gasteiger partial charge on any atom is -0.370 e. The number of benzene rings is 1. The van der Waals surface area contributed by atoms with E-state index in [0.29, 0.717) is 23.7 Å². The van der Waals surface area contributed by atoms with E-state index >= 15 is 0 Å². The second-order valence-corrected chi connectivity index (χ2v) is 7.32. The Bertz CT molecular complexity index is 1080. The largest absolute Gasteiger partial charge is 0.370 e. The Labute approximate surface area is 166 Å². The van der Waals surface area contributed by atoms with Gasteiger partial charge in [-0.1, -0.05) is 37.1 Å². The zero-order valence-electron chi connectivity index (χ0n) is 15.5. The van der Waals surface area contributed by atoms with Gasteiger partial charge in [0.1, 0.15) is 0 Å². The van der Waals surface area contributed by atoms with Crippen LogP contribution in [0, 0.1) is 5.92 Å². The van der Waals surface area contributed by atoms with Gasteiger partial charge in [0.2, 0.25) is 11.9 Å². The third-order valence-corrected chi connectivity index (χ3v) is 5.20. The van der Waals surface area contributed by atoms with Crippen molar-refractivity contribution in [3.8, 4) is 0 Å². The van der Waals surface area contributed by atoms with Gasteiger partial charge >= 0.3 is 0 Å². The summed E-state index contributed by atoms with van der Waals surface area (Å²) < 4.78 is 1.24. The fourth-order valence-corrected chi connectivity index (χ4v) is 3.74. The monoisotopic (exact) mass is 400 g/mol. The molecule has 4 rings (SSSR count). The van der Waals surface area contributed by atoms with Crippen molar-refractivity contribution in [2.24, 2.45) is 5.92 Å². The second-order valence-electron chi connectivity index (χ2n) is 6.92. The molecule has 2 N–H and O–H groups in total. The molecule has 146 valence electrons. The van der Waals surface area contributed by atoms with Crippen LogP contribution in [0.3, 0.4) is 0 Å². The van der Waals surface area contributed by atoms with E-state index in [-0.39, 0.29) is 29.1 Å². The van der Waals surface area contributed by atoms with E-state index in [4.69, 9.17) is 11.6 Å². The first-order chi connectivity index (χ1) is 13.5. The lowest BCUT2D eigenvalue weighted by Gasteiger charge is -2.19. The molecular formula is C19H21ClN6O2. The minimum absolute atomic E-state index is 0.143. The maximum atomic E-state index is 12.7. The van der Waals surface area contributed by atoms with Crippen molar-refractivity contribution in [1.29, 1.82) is 0 Å². The topological polar surface area (TPSA) is 95.4 Å². The number of aryl methyl sites for hydroxylation is 1. The Morgan fingerprint density at radius 2 is 2.18 bits per heavy atom. The molecule has 8 nitrogen and oxygen atoms in total. The predicted octanol–water partition coefficient (Wildman–Crippen LogP) is 2.49. The average molecular weight is 401 g/mol. The number of anilines is 2. The minimum atomic E-state index is -0.243. The number of nitrogens with zero attached hydrogens (tertiary/aromatic N) is 4. The zero-order valence-corrected chi connectivity index (χ0v) is 16.2. The van der Waals surface area contributed by atoms with Crippen LogP contribution in [0.15, 0.2) is 35.1 Å². The van der Waals surface area contributed by atoms with E-state index in [9.17, 15) is 9.59 Å².